The number of piperidine rings is 1. The Bertz CT molecular complexity index is 1330. The van der Waals surface area contributed by atoms with Gasteiger partial charge in [0.25, 0.3) is 0 Å². The Morgan fingerprint density at radius 2 is 1.71 bits per heavy atom. The van der Waals surface area contributed by atoms with E-state index in [-0.39, 0.29) is 31.2 Å². The van der Waals surface area contributed by atoms with Gasteiger partial charge in [-0.2, -0.15) is 0 Å². The van der Waals surface area contributed by atoms with Crippen molar-refractivity contribution < 1.29 is 23.5 Å². The lowest BCUT2D eigenvalue weighted by molar-refractivity contribution is -0.137. The summed E-state index contributed by atoms with van der Waals surface area (Å²) in [5, 5.41) is 17.5. The van der Waals surface area contributed by atoms with Crippen molar-refractivity contribution in [2.45, 2.75) is 70.2 Å². The molecule has 3 unspecified atom stereocenters. The molecule has 0 aliphatic carbocycles. The lowest BCUT2D eigenvalue weighted by Gasteiger charge is -2.43. The first kappa shape index (κ1) is 30.3. The number of aliphatic hydroxyl groups excluding tert-OH is 1. The number of carbonyl (C=O) groups excluding carboxylic acids is 2. The largest absolute Gasteiger partial charge is 0.390 e. The first-order chi connectivity index (χ1) is 19.5. The quantitative estimate of drug-likeness (QED) is 0.313. The molecule has 1 fully saturated rings. The van der Waals surface area contributed by atoms with Gasteiger partial charge in [0.15, 0.2) is 0 Å². The number of halogens is 2. The number of nitrogens with zero attached hydrogens (tertiary/aromatic N) is 1. The molecular formula is C33H39F2N3O3. The summed E-state index contributed by atoms with van der Waals surface area (Å²) in [4.78, 5) is 27.4. The van der Waals surface area contributed by atoms with Crippen molar-refractivity contribution >= 4 is 11.8 Å². The maximum absolute atomic E-state index is 13.8. The number of amides is 2. The van der Waals surface area contributed by atoms with Crippen LogP contribution in [0.3, 0.4) is 0 Å². The van der Waals surface area contributed by atoms with E-state index in [1.165, 1.54) is 19.1 Å². The molecule has 3 N–H and O–H groups in total. The fourth-order valence-electron chi connectivity index (χ4n) is 5.54. The van der Waals surface area contributed by atoms with E-state index in [0.717, 1.165) is 22.8 Å². The van der Waals surface area contributed by atoms with Crippen LogP contribution in [0.1, 0.15) is 61.8 Å². The van der Waals surface area contributed by atoms with Gasteiger partial charge in [0.05, 0.1) is 17.7 Å². The van der Waals surface area contributed by atoms with Gasteiger partial charge in [0, 0.05) is 39.0 Å². The first-order valence-corrected chi connectivity index (χ1v) is 14.1. The van der Waals surface area contributed by atoms with Crippen molar-refractivity contribution in [2.24, 2.45) is 0 Å². The van der Waals surface area contributed by atoms with Crippen molar-refractivity contribution in [1.29, 1.82) is 0 Å². The van der Waals surface area contributed by atoms with E-state index in [1.54, 1.807) is 0 Å². The van der Waals surface area contributed by atoms with E-state index >= 15 is 0 Å². The van der Waals surface area contributed by atoms with Gasteiger partial charge in [-0.25, -0.2) is 8.78 Å². The van der Waals surface area contributed by atoms with E-state index < -0.39 is 29.3 Å². The molecule has 1 saturated heterocycles. The van der Waals surface area contributed by atoms with Crippen LogP contribution in [-0.2, 0) is 28.1 Å². The summed E-state index contributed by atoms with van der Waals surface area (Å²) in [5.41, 5.74) is 2.76. The molecule has 1 aliphatic rings. The van der Waals surface area contributed by atoms with Crippen molar-refractivity contribution in [3.05, 3.63) is 107 Å². The highest BCUT2D eigenvalue weighted by molar-refractivity contribution is 5.79. The first-order valence-electron chi connectivity index (χ1n) is 14.1. The van der Waals surface area contributed by atoms with Gasteiger partial charge in [-0.3, -0.25) is 9.59 Å². The van der Waals surface area contributed by atoms with E-state index in [1.807, 2.05) is 47.4 Å². The lowest BCUT2D eigenvalue weighted by Crippen LogP contribution is -2.57. The van der Waals surface area contributed by atoms with E-state index in [9.17, 15) is 23.5 Å². The molecule has 0 saturated carbocycles. The Labute approximate surface area is 240 Å². The van der Waals surface area contributed by atoms with Gasteiger partial charge in [-0.1, -0.05) is 68.4 Å². The monoisotopic (exact) mass is 563 g/mol. The highest BCUT2D eigenvalue weighted by Crippen LogP contribution is 2.35. The van der Waals surface area contributed by atoms with Gasteiger partial charge < -0.3 is 20.6 Å². The number of rotatable bonds is 11. The average molecular weight is 564 g/mol. The summed E-state index contributed by atoms with van der Waals surface area (Å²) in [5.74, 6) is -1.51. The third-order valence-electron chi connectivity index (χ3n) is 7.82. The van der Waals surface area contributed by atoms with Gasteiger partial charge in [-0.05, 0) is 53.1 Å². The predicted octanol–water partition coefficient (Wildman–Crippen LogP) is 4.80. The molecule has 2 amide bonds. The Kier molecular flexibility index (Phi) is 9.89. The van der Waals surface area contributed by atoms with Crippen molar-refractivity contribution in [3.8, 4) is 0 Å². The Hall–Kier alpha value is -3.62. The number of nitrogens with one attached hydrogen (secondary N) is 2. The molecule has 0 bridgehead atoms. The zero-order valence-electron chi connectivity index (χ0n) is 23.9. The number of benzene rings is 3. The van der Waals surface area contributed by atoms with Gasteiger partial charge in [0.1, 0.15) is 11.6 Å². The maximum atomic E-state index is 13.8. The van der Waals surface area contributed by atoms with Crippen molar-refractivity contribution in [2.75, 3.05) is 13.1 Å². The fraction of sp³-hybridized carbons (Fsp3) is 0.394. The van der Waals surface area contributed by atoms with Crippen LogP contribution in [0.5, 0.6) is 0 Å². The Morgan fingerprint density at radius 3 is 2.34 bits per heavy atom. The minimum Gasteiger partial charge on any atom is -0.390 e. The summed E-state index contributed by atoms with van der Waals surface area (Å²) in [6.45, 7) is 6.67. The summed E-state index contributed by atoms with van der Waals surface area (Å²) in [7, 11) is 0. The van der Waals surface area contributed by atoms with Crippen LogP contribution >= 0.6 is 0 Å². The molecule has 3 atom stereocenters. The smallest absolute Gasteiger partial charge is 0.225 e. The summed E-state index contributed by atoms with van der Waals surface area (Å²) in [6, 6.07) is 20.4. The van der Waals surface area contributed by atoms with Crippen molar-refractivity contribution in [3.63, 3.8) is 0 Å². The van der Waals surface area contributed by atoms with Crippen LogP contribution in [0.2, 0.25) is 0 Å². The molecule has 1 aliphatic heterocycles. The number of hydrogen-bond acceptors (Lipinski definition) is 4. The van der Waals surface area contributed by atoms with Gasteiger partial charge in [-0.15, -0.1) is 0 Å². The van der Waals surface area contributed by atoms with E-state index in [2.05, 4.69) is 36.6 Å². The normalized spacial score (nSPS) is 18.8. The molecule has 6 nitrogen and oxygen atoms in total. The molecule has 218 valence electrons. The third kappa shape index (κ3) is 7.99. The molecule has 0 radical (unpaired) electrons. The van der Waals surface area contributed by atoms with E-state index in [0.29, 0.717) is 31.0 Å². The molecule has 0 spiro atoms. The predicted molar refractivity (Wildman–Crippen MR) is 155 cm³/mol. The zero-order chi connectivity index (χ0) is 29.6. The summed E-state index contributed by atoms with van der Waals surface area (Å²) >= 11 is 0. The van der Waals surface area contributed by atoms with Crippen LogP contribution in [0.15, 0.2) is 72.8 Å². The topological polar surface area (TPSA) is 81.7 Å². The van der Waals surface area contributed by atoms with Crippen LogP contribution in [0.4, 0.5) is 8.78 Å². The molecule has 8 heteroatoms. The second-order valence-electron chi connectivity index (χ2n) is 11.3. The number of carbonyl (C=O) groups is 2. The SMILES string of the molecule is CC(=O)NC(Cc1cc(F)cc(F)c1)C(O)CNC1(c2cccc(C(C)C)c2)CCN(Cc2ccccc2)C(=O)C1. The maximum Gasteiger partial charge on any atom is 0.225 e. The molecule has 3 aromatic rings. The molecule has 41 heavy (non-hydrogen) atoms. The molecule has 0 aromatic heterocycles. The highest BCUT2D eigenvalue weighted by atomic mass is 19.1. The summed E-state index contributed by atoms with van der Waals surface area (Å²) < 4.78 is 27.7. The number of likely N-dealkylation sites (tertiary alicyclic amines) is 1. The molecular weight excluding hydrogens is 524 g/mol. The van der Waals surface area contributed by atoms with Crippen LogP contribution in [-0.4, -0.2) is 47.1 Å². The highest BCUT2D eigenvalue weighted by Gasteiger charge is 2.41. The Morgan fingerprint density at radius 1 is 1.00 bits per heavy atom. The van der Waals surface area contributed by atoms with Crippen LogP contribution in [0, 0.1) is 11.6 Å². The van der Waals surface area contributed by atoms with Crippen LogP contribution in [0.25, 0.3) is 0 Å². The average Bonchev–Trinajstić information content (AvgIpc) is 2.92. The van der Waals surface area contributed by atoms with Crippen molar-refractivity contribution in [1.82, 2.24) is 15.5 Å². The standard InChI is InChI=1S/C33H39F2N3O3/c1-22(2)26-10-7-11-27(17-26)33(12-13-38(32(41)19-33)21-24-8-5-4-6-9-24)36-20-31(40)30(37-23(3)39)16-25-14-28(34)18-29(35)15-25/h4-11,14-15,17-18,22,30-31,36,40H,12-13,16,19-21H2,1-3H3,(H,37,39). The lowest BCUT2D eigenvalue weighted by atomic mass is 9.79. The number of hydrogen-bond donors (Lipinski definition) is 3. The van der Waals surface area contributed by atoms with Gasteiger partial charge in [0.2, 0.25) is 11.8 Å². The number of aliphatic hydroxyl groups is 1. The summed E-state index contributed by atoms with van der Waals surface area (Å²) in [6.07, 6.45) is -0.224. The zero-order valence-corrected chi connectivity index (χ0v) is 23.9. The second kappa shape index (κ2) is 13.4. The van der Waals surface area contributed by atoms with E-state index in [4.69, 9.17) is 0 Å². The molecule has 3 aromatic carbocycles. The third-order valence-corrected chi connectivity index (χ3v) is 7.82. The minimum absolute atomic E-state index is 0.00527. The van der Waals surface area contributed by atoms with Gasteiger partial charge >= 0.3 is 0 Å². The van der Waals surface area contributed by atoms with Crippen LogP contribution < -0.4 is 10.6 Å². The Balaban J connectivity index is 1.56. The molecule has 4 rings (SSSR count). The fourth-order valence-corrected chi connectivity index (χ4v) is 5.54. The second-order valence-corrected chi connectivity index (χ2v) is 11.3. The molecule has 1 heterocycles. The minimum atomic E-state index is -1.09.